The Morgan fingerprint density at radius 2 is 1.39 bits per heavy atom. The molecular weight excluding hydrogens is 512 g/mol. The molecule has 214 valence electrons. The fourth-order valence-corrected chi connectivity index (χ4v) is 6.95. The zero-order chi connectivity index (χ0) is 28.8. The van der Waals surface area contributed by atoms with Crippen molar-refractivity contribution in [3.63, 3.8) is 0 Å². The molecule has 0 spiro atoms. The number of amides is 1. The molecule has 2 aromatic carbocycles. The molecule has 2 unspecified atom stereocenters. The van der Waals surface area contributed by atoms with Crippen molar-refractivity contribution in [2.75, 3.05) is 31.1 Å². The van der Waals surface area contributed by atoms with Crippen molar-refractivity contribution in [3.8, 4) is 11.4 Å². The van der Waals surface area contributed by atoms with Gasteiger partial charge in [0.15, 0.2) is 0 Å². The number of nitrogens with two attached hydrogens (primary N) is 2. The monoisotopic (exact) mass is 552 g/mol. The topological polar surface area (TPSA) is 111 Å². The summed E-state index contributed by atoms with van der Waals surface area (Å²) in [5, 5.41) is 9.73. The summed E-state index contributed by atoms with van der Waals surface area (Å²) < 4.78 is 3.80. The van der Waals surface area contributed by atoms with Crippen molar-refractivity contribution in [1.82, 2.24) is 29.4 Å². The number of aromatic nitrogens is 4. The molecule has 2 saturated heterocycles. The third-order valence-electron chi connectivity index (χ3n) is 8.91. The number of likely N-dealkylation sites (tertiary alicyclic amines) is 2. The van der Waals surface area contributed by atoms with Gasteiger partial charge in [0.2, 0.25) is 0 Å². The smallest absolute Gasteiger partial charge is 0.258 e. The van der Waals surface area contributed by atoms with Crippen LogP contribution in [0.1, 0.15) is 70.4 Å². The first-order valence-corrected chi connectivity index (χ1v) is 14.6. The van der Waals surface area contributed by atoms with E-state index in [2.05, 4.69) is 23.6 Å². The molecule has 0 saturated carbocycles. The number of hydrogen-bond donors (Lipinski definition) is 2. The van der Waals surface area contributed by atoms with Gasteiger partial charge in [-0.25, -0.2) is 9.36 Å². The zero-order valence-electron chi connectivity index (χ0n) is 24.5. The number of carbonyl (C=O) groups excluding carboxylic acids is 1. The van der Waals surface area contributed by atoms with Crippen molar-refractivity contribution in [1.29, 1.82) is 0 Å². The van der Waals surface area contributed by atoms with Crippen molar-refractivity contribution in [2.45, 2.75) is 65.5 Å². The van der Waals surface area contributed by atoms with Crippen LogP contribution in [0.3, 0.4) is 0 Å². The maximum Gasteiger partial charge on any atom is 0.258 e. The molecule has 2 aliphatic rings. The van der Waals surface area contributed by atoms with Gasteiger partial charge in [0, 0.05) is 35.2 Å². The molecule has 4 heterocycles. The van der Waals surface area contributed by atoms with Crippen LogP contribution in [0.25, 0.3) is 11.4 Å². The number of rotatable bonds is 5. The molecule has 2 atom stereocenters. The SMILES string of the molecule is Cc1nn(-c2cccc(N)c2)c(C)c1C(=O)N1CCC(N2CCCC2)CC1c1c(C)nn(-c2cccc(N)c2)c1C. The normalized spacial score (nSPS) is 19.7. The van der Waals surface area contributed by atoms with E-state index in [1.807, 2.05) is 71.7 Å². The summed E-state index contributed by atoms with van der Waals surface area (Å²) in [5.41, 5.74) is 20.6. The van der Waals surface area contributed by atoms with E-state index in [0.29, 0.717) is 29.5 Å². The molecule has 0 bridgehead atoms. The molecular formula is C32H40N8O. The number of anilines is 2. The highest BCUT2D eigenvalue weighted by Gasteiger charge is 2.40. The summed E-state index contributed by atoms with van der Waals surface area (Å²) >= 11 is 0. The Balaban J connectivity index is 1.41. The van der Waals surface area contributed by atoms with Gasteiger partial charge in [-0.3, -0.25) is 4.79 Å². The lowest BCUT2D eigenvalue weighted by Gasteiger charge is -2.43. The molecule has 1 amide bonds. The van der Waals surface area contributed by atoms with Gasteiger partial charge in [0.25, 0.3) is 5.91 Å². The summed E-state index contributed by atoms with van der Waals surface area (Å²) in [7, 11) is 0. The van der Waals surface area contributed by atoms with E-state index in [1.54, 1.807) is 0 Å². The minimum absolute atomic E-state index is 0.0236. The van der Waals surface area contributed by atoms with E-state index in [9.17, 15) is 4.79 Å². The van der Waals surface area contributed by atoms with E-state index in [4.69, 9.17) is 21.7 Å². The molecule has 4 aromatic rings. The molecule has 9 nitrogen and oxygen atoms in total. The highest BCUT2D eigenvalue weighted by Crippen LogP contribution is 2.39. The van der Waals surface area contributed by atoms with Gasteiger partial charge < -0.3 is 21.3 Å². The van der Waals surface area contributed by atoms with Gasteiger partial charge in [0.05, 0.1) is 40.1 Å². The van der Waals surface area contributed by atoms with Crippen LogP contribution in [0.4, 0.5) is 11.4 Å². The van der Waals surface area contributed by atoms with Crippen molar-refractivity contribution < 1.29 is 4.79 Å². The Morgan fingerprint density at radius 3 is 2.00 bits per heavy atom. The standard InChI is InChI=1S/C32H40N8O/c1-20-30(22(3)39(35-20)27-11-7-9-24(33)17-27)29-19-26(37-14-5-6-15-37)13-16-38(29)32(41)31-21(2)36-40(23(31)4)28-12-8-10-25(34)18-28/h7-12,17-18,26,29H,5-6,13-16,19,33-34H2,1-4H3. The maximum atomic E-state index is 14.5. The van der Waals surface area contributed by atoms with Crippen LogP contribution in [0.2, 0.25) is 0 Å². The third-order valence-corrected chi connectivity index (χ3v) is 8.91. The Labute approximate surface area is 241 Å². The first kappa shape index (κ1) is 27.1. The van der Waals surface area contributed by atoms with Crippen LogP contribution < -0.4 is 11.5 Å². The largest absolute Gasteiger partial charge is 0.399 e. The maximum absolute atomic E-state index is 14.5. The summed E-state index contributed by atoms with van der Waals surface area (Å²) in [6.07, 6.45) is 4.34. The average molecular weight is 553 g/mol. The number of aryl methyl sites for hydroxylation is 2. The molecule has 2 aromatic heterocycles. The van der Waals surface area contributed by atoms with E-state index < -0.39 is 0 Å². The summed E-state index contributed by atoms with van der Waals surface area (Å²) in [6, 6.07) is 15.8. The molecule has 2 fully saturated rings. The summed E-state index contributed by atoms with van der Waals surface area (Å²) in [6.45, 7) is 11.0. The van der Waals surface area contributed by atoms with Gasteiger partial charge in [-0.15, -0.1) is 0 Å². The van der Waals surface area contributed by atoms with Crippen LogP contribution in [0.15, 0.2) is 48.5 Å². The molecule has 4 N–H and O–H groups in total. The summed E-state index contributed by atoms with van der Waals surface area (Å²) in [4.78, 5) is 19.2. The number of piperidine rings is 1. The zero-order valence-corrected chi connectivity index (χ0v) is 24.5. The minimum atomic E-state index is -0.0915. The van der Waals surface area contributed by atoms with Crippen molar-refractivity contribution in [3.05, 3.63) is 82.4 Å². The van der Waals surface area contributed by atoms with E-state index in [1.165, 1.54) is 12.8 Å². The second kappa shape index (κ2) is 10.7. The van der Waals surface area contributed by atoms with Gasteiger partial charge in [0.1, 0.15) is 0 Å². The highest BCUT2D eigenvalue weighted by molar-refractivity contribution is 5.97. The van der Waals surface area contributed by atoms with Crippen LogP contribution >= 0.6 is 0 Å². The fourth-order valence-electron chi connectivity index (χ4n) is 6.95. The average Bonchev–Trinajstić information content (AvgIpc) is 3.66. The Morgan fingerprint density at radius 1 is 0.805 bits per heavy atom. The minimum Gasteiger partial charge on any atom is -0.399 e. The van der Waals surface area contributed by atoms with E-state index in [0.717, 1.165) is 65.6 Å². The molecule has 2 aliphatic heterocycles. The van der Waals surface area contributed by atoms with Gasteiger partial charge in [-0.2, -0.15) is 10.2 Å². The van der Waals surface area contributed by atoms with E-state index >= 15 is 0 Å². The quantitative estimate of drug-likeness (QED) is 0.341. The predicted molar refractivity (Wildman–Crippen MR) is 163 cm³/mol. The van der Waals surface area contributed by atoms with Crippen molar-refractivity contribution in [2.24, 2.45) is 0 Å². The molecule has 41 heavy (non-hydrogen) atoms. The van der Waals surface area contributed by atoms with Gasteiger partial charge >= 0.3 is 0 Å². The van der Waals surface area contributed by atoms with Gasteiger partial charge in [-0.05, 0) is 103 Å². The fraction of sp³-hybridized carbons (Fsp3) is 0.406. The highest BCUT2D eigenvalue weighted by atomic mass is 16.2. The Kier molecular flexibility index (Phi) is 7.07. The van der Waals surface area contributed by atoms with Gasteiger partial charge in [-0.1, -0.05) is 12.1 Å². The molecule has 0 radical (unpaired) electrons. The lowest BCUT2D eigenvalue weighted by atomic mass is 9.89. The Bertz CT molecular complexity index is 1600. The molecule has 6 rings (SSSR count). The Hall–Kier alpha value is -4.11. The first-order valence-electron chi connectivity index (χ1n) is 14.6. The van der Waals surface area contributed by atoms with Crippen molar-refractivity contribution >= 4 is 17.3 Å². The number of nitrogens with zero attached hydrogens (tertiary/aromatic N) is 6. The van der Waals surface area contributed by atoms with Crippen LogP contribution in [0, 0.1) is 27.7 Å². The first-order chi connectivity index (χ1) is 19.7. The lowest BCUT2D eigenvalue weighted by Crippen LogP contribution is -2.48. The number of hydrogen-bond acceptors (Lipinski definition) is 6. The third kappa shape index (κ3) is 4.88. The van der Waals surface area contributed by atoms with Crippen LogP contribution in [-0.4, -0.2) is 60.9 Å². The molecule has 9 heteroatoms. The predicted octanol–water partition coefficient (Wildman–Crippen LogP) is 4.90. The number of carbonyl (C=O) groups is 1. The second-order valence-electron chi connectivity index (χ2n) is 11.6. The van der Waals surface area contributed by atoms with E-state index in [-0.39, 0.29) is 11.9 Å². The molecule has 0 aliphatic carbocycles. The second-order valence-corrected chi connectivity index (χ2v) is 11.6. The van der Waals surface area contributed by atoms with Crippen LogP contribution in [0.5, 0.6) is 0 Å². The number of nitrogen functional groups attached to an aromatic ring is 2. The lowest BCUT2D eigenvalue weighted by molar-refractivity contribution is 0.0464. The summed E-state index contributed by atoms with van der Waals surface area (Å²) in [5.74, 6) is 0.0236. The number of benzene rings is 2. The van der Waals surface area contributed by atoms with Crippen LogP contribution in [-0.2, 0) is 0 Å².